The van der Waals surface area contributed by atoms with Gasteiger partial charge in [0, 0.05) is 18.5 Å². The first-order valence-electron chi connectivity index (χ1n) is 10.1. The Labute approximate surface area is 187 Å². The summed E-state index contributed by atoms with van der Waals surface area (Å²) in [7, 11) is 1.22. The summed E-state index contributed by atoms with van der Waals surface area (Å²) >= 11 is 0. The number of nitrogens with zero attached hydrogens (tertiary/aromatic N) is 4. The highest BCUT2D eigenvalue weighted by atomic mass is 19.3. The molecular weight excluding hydrogens is 438 g/mol. The van der Waals surface area contributed by atoms with E-state index in [1.807, 2.05) is 13.0 Å². The number of benzene rings is 1. The van der Waals surface area contributed by atoms with Crippen molar-refractivity contribution in [1.29, 1.82) is 5.26 Å². The molecule has 2 heterocycles. The molecule has 1 aromatic heterocycles. The predicted molar refractivity (Wildman–Crippen MR) is 110 cm³/mol. The molecule has 2 aliphatic rings. The van der Waals surface area contributed by atoms with Gasteiger partial charge in [-0.2, -0.15) is 10.4 Å². The van der Waals surface area contributed by atoms with E-state index < -0.39 is 30.3 Å². The number of fused-ring (bicyclic) bond motifs is 1. The topological polar surface area (TPSA) is 129 Å². The Morgan fingerprint density at radius 2 is 2.09 bits per heavy atom. The molecule has 1 aliphatic carbocycles. The lowest BCUT2D eigenvalue weighted by atomic mass is 10.1. The molecule has 1 fully saturated rings. The number of ether oxygens (including phenoxy) is 1. The van der Waals surface area contributed by atoms with Crippen LogP contribution < -0.4 is 10.6 Å². The van der Waals surface area contributed by atoms with Gasteiger partial charge in [-0.05, 0) is 31.2 Å². The molecule has 1 saturated carbocycles. The standard InChI is InChI=1S/C21H20F2N6O4/c1-11-9-28(10-25-20(32)33-2)19(31)17-6-16(27-29(11)17)13-4-3-12(8-24)5-15(13)26-18(30)14-7-21(14,22)23/h3-6,11,14H,7,9-10H2,1-2H3,(H,25,32)(H,26,30)/t11-,14?/m0/s1. The van der Waals surface area contributed by atoms with Crippen molar-refractivity contribution < 1.29 is 27.9 Å². The first-order valence-corrected chi connectivity index (χ1v) is 10.1. The number of halogens is 2. The van der Waals surface area contributed by atoms with Crippen LogP contribution in [0.1, 0.15) is 35.4 Å². The number of rotatable bonds is 5. The zero-order valence-corrected chi connectivity index (χ0v) is 17.8. The Morgan fingerprint density at radius 1 is 1.36 bits per heavy atom. The minimum absolute atomic E-state index is 0.0515. The summed E-state index contributed by atoms with van der Waals surface area (Å²) in [5.41, 5.74) is 1.35. The van der Waals surface area contributed by atoms with E-state index in [0.29, 0.717) is 11.3 Å². The number of hydrogen-bond donors (Lipinski definition) is 2. The van der Waals surface area contributed by atoms with E-state index in [1.54, 1.807) is 6.07 Å². The molecule has 33 heavy (non-hydrogen) atoms. The fraction of sp³-hybridized carbons (Fsp3) is 0.381. The van der Waals surface area contributed by atoms with Crippen molar-refractivity contribution in [3.8, 4) is 17.3 Å². The van der Waals surface area contributed by atoms with Crippen molar-refractivity contribution in [2.24, 2.45) is 5.92 Å². The Morgan fingerprint density at radius 3 is 2.73 bits per heavy atom. The van der Waals surface area contributed by atoms with Gasteiger partial charge in [-0.3, -0.25) is 14.3 Å². The Hall–Kier alpha value is -4.01. The van der Waals surface area contributed by atoms with Gasteiger partial charge in [-0.15, -0.1) is 0 Å². The van der Waals surface area contributed by atoms with Crippen molar-refractivity contribution in [3.63, 3.8) is 0 Å². The van der Waals surface area contributed by atoms with Crippen molar-refractivity contribution in [1.82, 2.24) is 20.0 Å². The molecule has 2 aromatic rings. The smallest absolute Gasteiger partial charge is 0.408 e. The second kappa shape index (κ2) is 8.16. The molecule has 0 radical (unpaired) electrons. The summed E-state index contributed by atoms with van der Waals surface area (Å²) in [4.78, 5) is 38.0. The lowest BCUT2D eigenvalue weighted by Crippen LogP contribution is -2.47. The molecular formula is C21H20F2N6O4. The molecule has 4 rings (SSSR count). The van der Waals surface area contributed by atoms with Gasteiger partial charge in [0.15, 0.2) is 0 Å². The first-order chi connectivity index (χ1) is 15.6. The third kappa shape index (κ3) is 4.21. The van der Waals surface area contributed by atoms with Crippen molar-refractivity contribution in [2.75, 3.05) is 25.6 Å². The maximum absolute atomic E-state index is 13.3. The molecule has 1 aliphatic heterocycles. The summed E-state index contributed by atoms with van der Waals surface area (Å²) in [6, 6.07) is 7.66. The van der Waals surface area contributed by atoms with Crippen LogP contribution in [-0.4, -0.2) is 58.8 Å². The molecule has 1 unspecified atom stereocenters. The zero-order valence-electron chi connectivity index (χ0n) is 17.8. The largest absolute Gasteiger partial charge is 0.453 e. The number of nitriles is 1. The fourth-order valence-electron chi connectivity index (χ4n) is 3.69. The SMILES string of the molecule is COC(=O)NCN1C[C@H](C)n2nc(-c3ccc(C#N)cc3NC(=O)C3CC3(F)F)cc2C1=O. The minimum atomic E-state index is -3.03. The van der Waals surface area contributed by atoms with Gasteiger partial charge in [0.2, 0.25) is 5.91 Å². The number of aromatic nitrogens is 2. The fourth-order valence-corrected chi connectivity index (χ4v) is 3.69. The number of hydrogen-bond acceptors (Lipinski definition) is 6. The van der Waals surface area contributed by atoms with E-state index in [-0.39, 0.29) is 42.1 Å². The Bertz CT molecular complexity index is 1190. The van der Waals surface area contributed by atoms with Crippen molar-refractivity contribution >= 4 is 23.6 Å². The number of alkyl carbamates (subject to hydrolysis) is 1. The number of anilines is 1. The van der Waals surface area contributed by atoms with Crippen LogP contribution in [0.4, 0.5) is 19.3 Å². The van der Waals surface area contributed by atoms with Gasteiger partial charge in [-0.25, -0.2) is 13.6 Å². The second-order valence-corrected chi connectivity index (χ2v) is 7.94. The number of carbonyl (C=O) groups excluding carboxylic acids is 3. The average Bonchev–Trinajstić information content (AvgIpc) is 3.21. The van der Waals surface area contributed by atoms with Crippen LogP contribution in [0.25, 0.3) is 11.3 Å². The van der Waals surface area contributed by atoms with E-state index in [4.69, 9.17) is 0 Å². The normalized spacial score (nSPS) is 20.5. The number of nitrogens with one attached hydrogen (secondary N) is 2. The second-order valence-electron chi connectivity index (χ2n) is 7.94. The molecule has 10 nitrogen and oxygen atoms in total. The molecule has 2 atom stereocenters. The average molecular weight is 458 g/mol. The number of methoxy groups -OCH3 is 1. The van der Waals surface area contributed by atoms with Crippen molar-refractivity contribution in [3.05, 3.63) is 35.5 Å². The highest BCUT2D eigenvalue weighted by Gasteiger charge is 2.61. The number of carbonyl (C=O) groups is 3. The highest BCUT2D eigenvalue weighted by Crippen LogP contribution is 2.49. The third-order valence-corrected chi connectivity index (χ3v) is 5.57. The van der Waals surface area contributed by atoms with Gasteiger partial charge < -0.3 is 20.3 Å². The minimum Gasteiger partial charge on any atom is -0.453 e. The van der Waals surface area contributed by atoms with Gasteiger partial charge in [0.1, 0.15) is 11.6 Å². The monoisotopic (exact) mass is 458 g/mol. The lowest BCUT2D eigenvalue weighted by Gasteiger charge is -2.31. The van der Waals surface area contributed by atoms with Crippen LogP contribution in [0.5, 0.6) is 0 Å². The maximum atomic E-state index is 13.3. The van der Waals surface area contributed by atoms with E-state index in [0.717, 1.165) is 0 Å². The van der Waals surface area contributed by atoms with Crippen molar-refractivity contribution in [2.45, 2.75) is 25.3 Å². The number of amides is 3. The molecule has 172 valence electrons. The Kier molecular flexibility index (Phi) is 5.49. The molecule has 0 bridgehead atoms. The van der Waals surface area contributed by atoms with Crippen LogP contribution in [0, 0.1) is 17.2 Å². The van der Waals surface area contributed by atoms with Crippen LogP contribution in [-0.2, 0) is 9.53 Å². The van der Waals surface area contributed by atoms with Crippen LogP contribution in [0.2, 0.25) is 0 Å². The molecule has 3 amide bonds. The van der Waals surface area contributed by atoms with E-state index in [2.05, 4.69) is 20.5 Å². The summed E-state index contributed by atoms with van der Waals surface area (Å²) in [6.07, 6.45) is -1.19. The summed E-state index contributed by atoms with van der Waals surface area (Å²) < 4.78 is 32.7. The summed E-state index contributed by atoms with van der Waals surface area (Å²) in [5, 5.41) is 18.6. The van der Waals surface area contributed by atoms with Gasteiger partial charge >= 0.3 is 6.09 Å². The van der Waals surface area contributed by atoms with E-state index >= 15 is 0 Å². The highest BCUT2D eigenvalue weighted by molar-refractivity contribution is 6.00. The summed E-state index contributed by atoms with van der Waals surface area (Å²) in [5.74, 6) is -5.66. The zero-order chi connectivity index (χ0) is 23.9. The predicted octanol–water partition coefficient (Wildman–Crippen LogP) is 2.35. The molecule has 0 spiro atoms. The van der Waals surface area contributed by atoms with E-state index in [9.17, 15) is 28.4 Å². The van der Waals surface area contributed by atoms with Gasteiger partial charge in [0.25, 0.3) is 11.8 Å². The molecule has 0 saturated heterocycles. The maximum Gasteiger partial charge on any atom is 0.408 e. The lowest BCUT2D eigenvalue weighted by molar-refractivity contribution is -0.119. The molecule has 1 aromatic carbocycles. The summed E-state index contributed by atoms with van der Waals surface area (Å²) in [6.45, 7) is 2.07. The molecule has 12 heteroatoms. The third-order valence-electron chi connectivity index (χ3n) is 5.57. The van der Waals surface area contributed by atoms with Gasteiger partial charge in [0.05, 0.1) is 42.8 Å². The quantitative estimate of drug-likeness (QED) is 0.708. The van der Waals surface area contributed by atoms with Crippen LogP contribution >= 0.6 is 0 Å². The van der Waals surface area contributed by atoms with Crippen LogP contribution in [0.3, 0.4) is 0 Å². The van der Waals surface area contributed by atoms with E-state index in [1.165, 1.54) is 34.9 Å². The number of alkyl halides is 2. The first kappa shape index (κ1) is 22.2. The molecule has 2 N–H and O–H groups in total. The Balaban J connectivity index is 1.64. The van der Waals surface area contributed by atoms with Gasteiger partial charge in [-0.1, -0.05) is 0 Å². The van der Waals surface area contributed by atoms with Crippen LogP contribution in [0.15, 0.2) is 24.3 Å².